The van der Waals surface area contributed by atoms with Crippen molar-refractivity contribution >= 4 is 17.3 Å². The smallest absolute Gasteiger partial charge is 0.287 e. The highest BCUT2D eigenvalue weighted by molar-refractivity contribution is 5.91. The van der Waals surface area contributed by atoms with Crippen molar-refractivity contribution in [2.24, 2.45) is 0 Å². The molecule has 0 fully saturated rings. The van der Waals surface area contributed by atoms with Crippen molar-refractivity contribution in [2.45, 2.75) is 64.0 Å². The van der Waals surface area contributed by atoms with Crippen molar-refractivity contribution in [1.29, 1.82) is 0 Å². The molecule has 0 radical (unpaired) electrons. The number of hydrogen-bond acceptors (Lipinski definition) is 5. The number of benzene rings is 2. The predicted molar refractivity (Wildman–Crippen MR) is 140 cm³/mol. The minimum atomic E-state index is -0.226. The fourth-order valence-electron chi connectivity index (χ4n) is 5.28. The van der Waals surface area contributed by atoms with Gasteiger partial charge in [0.05, 0.1) is 25.0 Å². The SMILES string of the molecule is COc1cc2c(cc1Cc1ccc(C(=O)NCC3Nc4ccccc4N3)o1)C(C)(C)CCC2(C)C. The molecule has 6 heteroatoms. The first kappa shape index (κ1) is 23.3. The Balaban J connectivity index is 1.28. The first-order valence-corrected chi connectivity index (χ1v) is 12.4. The van der Waals surface area contributed by atoms with E-state index in [-0.39, 0.29) is 22.9 Å². The molecule has 1 aliphatic heterocycles. The van der Waals surface area contributed by atoms with Crippen LogP contribution in [0.25, 0.3) is 0 Å². The van der Waals surface area contributed by atoms with E-state index in [1.807, 2.05) is 30.3 Å². The van der Waals surface area contributed by atoms with Gasteiger partial charge in [-0.25, -0.2) is 0 Å². The number of methoxy groups -OCH3 is 1. The summed E-state index contributed by atoms with van der Waals surface area (Å²) in [6.45, 7) is 9.70. The van der Waals surface area contributed by atoms with Crippen molar-refractivity contribution in [3.05, 3.63) is 76.7 Å². The molecule has 35 heavy (non-hydrogen) atoms. The van der Waals surface area contributed by atoms with Crippen molar-refractivity contribution < 1.29 is 13.9 Å². The van der Waals surface area contributed by atoms with Crippen molar-refractivity contribution in [1.82, 2.24) is 5.32 Å². The Labute approximate surface area is 207 Å². The highest BCUT2D eigenvalue weighted by Gasteiger charge is 2.38. The van der Waals surface area contributed by atoms with E-state index in [4.69, 9.17) is 9.15 Å². The topological polar surface area (TPSA) is 75.5 Å². The zero-order valence-corrected chi connectivity index (χ0v) is 21.2. The molecule has 5 rings (SSSR count). The molecule has 6 nitrogen and oxygen atoms in total. The van der Waals surface area contributed by atoms with Gasteiger partial charge < -0.3 is 25.1 Å². The van der Waals surface area contributed by atoms with E-state index in [1.165, 1.54) is 11.1 Å². The van der Waals surface area contributed by atoms with E-state index in [0.29, 0.717) is 18.7 Å². The summed E-state index contributed by atoms with van der Waals surface area (Å²) in [7, 11) is 1.72. The lowest BCUT2D eigenvalue weighted by Crippen LogP contribution is -2.38. The number of fused-ring (bicyclic) bond motifs is 2. The molecule has 0 saturated heterocycles. The van der Waals surface area contributed by atoms with Gasteiger partial charge >= 0.3 is 0 Å². The highest BCUT2D eigenvalue weighted by Crippen LogP contribution is 2.47. The molecular weight excluding hydrogens is 438 g/mol. The molecule has 2 heterocycles. The van der Waals surface area contributed by atoms with Crippen LogP contribution in [0.5, 0.6) is 5.75 Å². The number of furan rings is 1. The van der Waals surface area contributed by atoms with Crippen LogP contribution in [0.1, 0.15) is 73.5 Å². The summed E-state index contributed by atoms with van der Waals surface area (Å²) in [6, 6.07) is 16.1. The first-order chi connectivity index (χ1) is 16.7. The van der Waals surface area contributed by atoms with Crippen LogP contribution in [0.3, 0.4) is 0 Å². The molecule has 3 N–H and O–H groups in total. The largest absolute Gasteiger partial charge is 0.496 e. The molecule has 2 aromatic carbocycles. The molecule has 0 atom stereocenters. The Kier molecular flexibility index (Phi) is 5.78. The Morgan fingerprint density at radius 2 is 1.63 bits per heavy atom. The van der Waals surface area contributed by atoms with Crippen LogP contribution >= 0.6 is 0 Å². The highest BCUT2D eigenvalue weighted by atomic mass is 16.5. The monoisotopic (exact) mass is 473 g/mol. The fourth-order valence-corrected chi connectivity index (χ4v) is 5.28. The first-order valence-electron chi connectivity index (χ1n) is 12.4. The third-order valence-electron chi connectivity index (χ3n) is 7.56. The zero-order chi connectivity index (χ0) is 24.8. The quantitative estimate of drug-likeness (QED) is 0.421. The van der Waals surface area contributed by atoms with Crippen LogP contribution in [-0.2, 0) is 17.3 Å². The lowest BCUT2D eigenvalue weighted by atomic mass is 9.63. The molecule has 1 aliphatic carbocycles. The second-order valence-electron chi connectivity index (χ2n) is 11.0. The van der Waals surface area contributed by atoms with E-state index >= 15 is 0 Å². The number of rotatable bonds is 6. The van der Waals surface area contributed by atoms with Gasteiger partial charge in [-0.05, 0) is 65.1 Å². The summed E-state index contributed by atoms with van der Waals surface area (Å²) in [5.41, 5.74) is 6.14. The summed E-state index contributed by atoms with van der Waals surface area (Å²) < 4.78 is 11.7. The van der Waals surface area contributed by atoms with Crippen LogP contribution in [-0.4, -0.2) is 25.7 Å². The second-order valence-corrected chi connectivity index (χ2v) is 11.0. The van der Waals surface area contributed by atoms with E-state index < -0.39 is 0 Å². The standard InChI is InChI=1S/C29H35N3O3/c1-28(2)12-13-29(3,4)21-16-25(34-5)18(15-20(21)28)14-19-10-11-24(35-19)27(33)30-17-26-31-22-8-6-7-9-23(22)32-26/h6-11,15-16,26,31-32H,12-14,17H2,1-5H3,(H,30,33). The van der Waals surface area contributed by atoms with Gasteiger partial charge in [0.1, 0.15) is 17.7 Å². The number of hydrogen-bond donors (Lipinski definition) is 3. The number of para-hydroxylation sites is 2. The zero-order valence-electron chi connectivity index (χ0n) is 21.2. The molecule has 0 unspecified atom stereocenters. The van der Waals surface area contributed by atoms with Crippen LogP contribution < -0.4 is 20.7 Å². The Bertz CT molecular complexity index is 1230. The van der Waals surface area contributed by atoms with Crippen molar-refractivity contribution in [3.8, 4) is 5.75 Å². The maximum Gasteiger partial charge on any atom is 0.287 e. The lowest BCUT2D eigenvalue weighted by molar-refractivity contribution is 0.0923. The third-order valence-corrected chi connectivity index (χ3v) is 7.56. The number of nitrogens with one attached hydrogen (secondary N) is 3. The summed E-state index contributed by atoms with van der Waals surface area (Å²) in [5.74, 6) is 1.70. The second kappa shape index (κ2) is 8.67. The normalized spacial score (nSPS) is 17.6. The number of carbonyl (C=O) groups is 1. The van der Waals surface area contributed by atoms with E-state index in [1.54, 1.807) is 13.2 Å². The Morgan fingerprint density at radius 3 is 2.26 bits per heavy atom. The molecule has 1 aromatic heterocycles. The van der Waals surface area contributed by atoms with Gasteiger partial charge in [0, 0.05) is 12.0 Å². The summed E-state index contributed by atoms with van der Waals surface area (Å²) in [5, 5.41) is 9.67. The van der Waals surface area contributed by atoms with Gasteiger partial charge in [-0.1, -0.05) is 45.9 Å². The molecular formula is C29H35N3O3. The Hall–Kier alpha value is -3.41. The fraction of sp³-hybridized carbons (Fsp3) is 0.414. The van der Waals surface area contributed by atoms with E-state index in [9.17, 15) is 4.79 Å². The minimum Gasteiger partial charge on any atom is -0.496 e. The molecule has 0 bridgehead atoms. The van der Waals surface area contributed by atoms with Gasteiger partial charge in [-0.2, -0.15) is 0 Å². The Morgan fingerprint density at radius 1 is 1.00 bits per heavy atom. The number of amides is 1. The number of anilines is 2. The van der Waals surface area contributed by atoms with E-state index in [2.05, 4.69) is 55.8 Å². The van der Waals surface area contributed by atoms with Crippen LogP contribution in [0.4, 0.5) is 11.4 Å². The number of ether oxygens (including phenoxy) is 1. The van der Waals surface area contributed by atoms with Gasteiger partial charge in [0.25, 0.3) is 5.91 Å². The van der Waals surface area contributed by atoms with E-state index in [0.717, 1.165) is 41.3 Å². The maximum atomic E-state index is 12.7. The van der Waals surface area contributed by atoms with Gasteiger partial charge in [-0.15, -0.1) is 0 Å². The molecule has 0 saturated carbocycles. The average Bonchev–Trinajstić information content (AvgIpc) is 3.47. The van der Waals surface area contributed by atoms with Crippen LogP contribution in [0.2, 0.25) is 0 Å². The van der Waals surface area contributed by atoms with Gasteiger partial charge in [0.15, 0.2) is 5.76 Å². The minimum absolute atomic E-state index is 0.0573. The molecule has 184 valence electrons. The molecule has 2 aliphatic rings. The molecule has 1 amide bonds. The summed E-state index contributed by atoms with van der Waals surface area (Å²) in [4.78, 5) is 12.7. The number of carbonyl (C=O) groups excluding carboxylic acids is 1. The molecule has 0 spiro atoms. The van der Waals surface area contributed by atoms with Gasteiger partial charge in [-0.3, -0.25) is 4.79 Å². The lowest BCUT2D eigenvalue weighted by Gasteiger charge is -2.42. The maximum absolute atomic E-state index is 12.7. The predicted octanol–water partition coefficient (Wildman–Crippen LogP) is 5.82. The average molecular weight is 474 g/mol. The third kappa shape index (κ3) is 4.49. The van der Waals surface area contributed by atoms with Crippen molar-refractivity contribution in [3.63, 3.8) is 0 Å². The van der Waals surface area contributed by atoms with Gasteiger partial charge in [0.2, 0.25) is 0 Å². The van der Waals surface area contributed by atoms with Crippen molar-refractivity contribution in [2.75, 3.05) is 24.3 Å². The van der Waals surface area contributed by atoms with Crippen LogP contribution in [0, 0.1) is 0 Å². The summed E-state index contributed by atoms with van der Waals surface area (Å²) in [6.07, 6.45) is 2.82. The van der Waals surface area contributed by atoms with Crippen LogP contribution in [0.15, 0.2) is 52.9 Å². The molecule has 3 aromatic rings. The summed E-state index contributed by atoms with van der Waals surface area (Å²) >= 11 is 0.